The fourth-order valence-corrected chi connectivity index (χ4v) is 3.06. The van der Waals surface area contributed by atoms with Crippen LogP contribution in [0.1, 0.15) is 38.3 Å². The first kappa shape index (κ1) is 15.0. The monoisotopic (exact) mass is 301 g/mol. The first-order chi connectivity index (χ1) is 9.10. The zero-order valence-corrected chi connectivity index (χ0v) is 12.8. The molecule has 1 aliphatic rings. The van der Waals surface area contributed by atoms with Crippen molar-refractivity contribution in [3.8, 4) is 0 Å². The molecule has 1 heterocycles. The van der Waals surface area contributed by atoms with E-state index in [1.54, 1.807) is 6.07 Å². The van der Waals surface area contributed by atoms with Gasteiger partial charge in [0.2, 0.25) is 0 Å². The maximum absolute atomic E-state index is 6.19. The summed E-state index contributed by atoms with van der Waals surface area (Å²) in [4.78, 5) is 6.76. The molecule has 0 spiro atoms. The van der Waals surface area contributed by atoms with Gasteiger partial charge in [0.1, 0.15) is 5.15 Å². The summed E-state index contributed by atoms with van der Waals surface area (Å²) in [6.07, 6.45) is 4.54. The second kappa shape index (κ2) is 6.89. The molecule has 0 atom stereocenters. The van der Waals surface area contributed by atoms with Gasteiger partial charge in [0, 0.05) is 18.6 Å². The molecule has 0 aliphatic heterocycles. The van der Waals surface area contributed by atoms with Gasteiger partial charge in [-0.25, -0.2) is 4.98 Å². The van der Waals surface area contributed by atoms with Crippen LogP contribution < -0.4 is 5.73 Å². The second-order valence-electron chi connectivity index (χ2n) is 5.19. The SMILES string of the molecule is CCN(Cc1nc(Cl)ccc1Cl)C1CCC(N)CC1. The number of pyridine rings is 1. The van der Waals surface area contributed by atoms with Crippen LogP contribution in [-0.2, 0) is 6.54 Å². The number of rotatable bonds is 4. The van der Waals surface area contributed by atoms with Crippen molar-refractivity contribution < 1.29 is 0 Å². The van der Waals surface area contributed by atoms with Crippen molar-refractivity contribution in [3.63, 3.8) is 0 Å². The molecule has 2 rings (SSSR count). The molecule has 0 aromatic carbocycles. The smallest absolute Gasteiger partial charge is 0.129 e. The van der Waals surface area contributed by atoms with Crippen molar-refractivity contribution >= 4 is 23.2 Å². The Bertz CT molecular complexity index is 417. The molecule has 1 aliphatic carbocycles. The van der Waals surface area contributed by atoms with Crippen molar-refractivity contribution in [2.75, 3.05) is 6.54 Å². The highest BCUT2D eigenvalue weighted by atomic mass is 35.5. The average molecular weight is 302 g/mol. The van der Waals surface area contributed by atoms with Crippen LogP contribution in [0.4, 0.5) is 0 Å². The first-order valence-electron chi connectivity index (χ1n) is 6.90. The lowest BCUT2D eigenvalue weighted by Gasteiger charge is -2.35. The van der Waals surface area contributed by atoms with E-state index in [1.807, 2.05) is 6.07 Å². The predicted octanol–water partition coefficient (Wildman–Crippen LogP) is 3.48. The largest absolute Gasteiger partial charge is 0.328 e. The molecule has 106 valence electrons. The Morgan fingerprint density at radius 2 is 1.95 bits per heavy atom. The Labute approximate surface area is 125 Å². The van der Waals surface area contributed by atoms with Crippen LogP contribution in [0.3, 0.4) is 0 Å². The third-order valence-electron chi connectivity index (χ3n) is 3.90. The number of halogens is 2. The topological polar surface area (TPSA) is 42.2 Å². The van der Waals surface area contributed by atoms with E-state index in [-0.39, 0.29) is 0 Å². The lowest BCUT2D eigenvalue weighted by Crippen LogP contribution is -2.40. The summed E-state index contributed by atoms with van der Waals surface area (Å²) in [6, 6.07) is 4.50. The van der Waals surface area contributed by atoms with Gasteiger partial charge in [-0.05, 0) is 44.4 Å². The van der Waals surface area contributed by atoms with E-state index in [9.17, 15) is 0 Å². The van der Waals surface area contributed by atoms with E-state index in [0.717, 1.165) is 44.5 Å². The molecule has 0 saturated heterocycles. The van der Waals surface area contributed by atoms with E-state index in [1.165, 1.54) is 0 Å². The molecule has 5 heteroatoms. The summed E-state index contributed by atoms with van der Waals surface area (Å²) in [6.45, 7) is 3.92. The highest BCUT2D eigenvalue weighted by Crippen LogP contribution is 2.25. The fraction of sp³-hybridized carbons (Fsp3) is 0.643. The van der Waals surface area contributed by atoms with Crippen LogP contribution in [-0.4, -0.2) is 28.5 Å². The van der Waals surface area contributed by atoms with Gasteiger partial charge in [-0.15, -0.1) is 0 Å². The zero-order valence-electron chi connectivity index (χ0n) is 11.3. The Morgan fingerprint density at radius 3 is 2.58 bits per heavy atom. The predicted molar refractivity (Wildman–Crippen MR) is 80.6 cm³/mol. The van der Waals surface area contributed by atoms with Crippen molar-refractivity contribution in [3.05, 3.63) is 28.0 Å². The molecule has 0 unspecified atom stereocenters. The first-order valence-corrected chi connectivity index (χ1v) is 7.66. The van der Waals surface area contributed by atoms with Gasteiger partial charge in [-0.3, -0.25) is 4.90 Å². The van der Waals surface area contributed by atoms with Gasteiger partial charge in [-0.2, -0.15) is 0 Å². The molecular formula is C14H21Cl2N3. The molecule has 1 aromatic heterocycles. The molecule has 1 aromatic rings. The molecule has 3 nitrogen and oxygen atoms in total. The third kappa shape index (κ3) is 4.06. The van der Waals surface area contributed by atoms with E-state index < -0.39 is 0 Å². The Morgan fingerprint density at radius 1 is 1.26 bits per heavy atom. The van der Waals surface area contributed by atoms with Crippen LogP contribution in [0.15, 0.2) is 12.1 Å². The van der Waals surface area contributed by atoms with Crippen molar-refractivity contribution in [2.24, 2.45) is 5.73 Å². The molecule has 2 N–H and O–H groups in total. The number of nitrogens with zero attached hydrogens (tertiary/aromatic N) is 2. The summed E-state index contributed by atoms with van der Waals surface area (Å²) >= 11 is 12.1. The summed E-state index contributed by atoms with van der Waals surface area (Å²) in [5.74, 6) is 0. The normalized spacial score (nSPS) is 23.8. The highest BCUT2D eigenvalue weighted by Gasteiger charge is 2.24. The van der Waals surface area contributed by atoms with Gasteiger partial charge in [0.25, 0.3) is 0 Å². The fourth-order valence-electron chi connectivity index (χ4n) is 2.73. The third-order valence-corrected chi connectivity index (χ3v) is 4.46. The van der Waals surface area contributed by atoms with Gasteiger partial charge >= 0.3 is 0 Å². The number of hydrogen-bond donors (Lipinski definition) is 1. The van der Waals surface area contributed by atoms with Crippen molar-refractivity contribution in [1.29, 1.82) is 0 Å². The minimum atomic E-state index is 0.378. The van der Waals surface area contributed by atoms with Gasteiger partial charge in [0.15, 0.2) is 0 Å². The average Bonchev–Trinajstić information content (AvgIpc) is 2.41. The van der Waals surface area contributed by atoms with E-state index in [4.69, 9.17) is 28.9 Å². The minimum Gasteiger partial charge on any atom is -0.328 e. The summed E-state index contributed by atoms with van der Waals surface area (Å²) in [7, 11) is 0. The van der Waals surface area contributed by atoms with Crippen molar-refractivity contribution in [2.45, 2.75) is 51.2 Å². The van der Waals surface area contributed by atoms with Crippen LogP contribution >= 0.6 is 23.2 Å². The standard InChI is InChI=1S/C14H21Cl2N3/c1-2-19(11-5-3-10(17)4-6-11)9-13-12(15)7-8-14(16)18-13/h7-8,10-11H,2-6,9,17H2,1H3. The van der Waals surface area contributed by atoms with E-state index in [0.29, 0.717) is 22.3 Å². The number of hydrogen-bond acceptors (Lipinski definition) is 3. The Kier molecular flexibility index (Phi) is 5.46. The summed E-state index contributed by atoms with van der Waals surface area (Å²) in [5, 5.41) is 1.19. The maximum Gasteiger partial charge on any atom is 0.129 e. The molecule has 0 bridgehead atoms. The van der Waals surface area contributed by atoms with E-state index in [2.05, 4.69) is 16.8 Å². The molecule has 1 saturated carbocycles. The second-order valence-corrected chi connectivity index (χ2v) is 5.99. The minimum absolute atomic E-state index is 0.378. The summed E-state index contributed by atoms with van der Waals surface area (Å²) in [5.41, 5.74) is 6.83. The molecule has 1 fully saturated rings. The van der Waals surface area contributed by atoms with Crippen LogP contribution in [0, 0.1) is 0 Å². The Balaban J connectivity index is 2.04. The van der Waals surface area contributed by atoms with Crippen LogP contribution in [0.5, 0.6) is 0 Å². The van der Waals surface area contributed by atoms with Gasteiger partial charge in [0.05, 0.1) is 10.7 Å². The van der Waals surface area contributed by atoms with Gasteiger partial charge in [-0.1, -0.05) is 30.1 Å². The Hall–Kier alpha value is -0.350. The molecule has 0 amide bonds. The number of aromatic nitrogens is 1. The van der Waals surface area contributed by atoms with E-state index >= 15 is 0 Å². The summed E-state index contributed by atoms with van der Waals surface area (Å²) < 4.78 is 0. The number of nitrogens with two attached hydrogens (primary N) is 1. The quantitative estimate of drug-likeness (QED) is 0.866. The van der Waals surface area contributed by atoms with Crippen LogP contribution in [0.25, 0.3) is 0 Å². The zero-order chi connectivity index (χ0) is 13.8. The lowest BCUT2D eigenvalue weighted by molar-refractivity contribution is 0.148. The van der Waals surface area contributed by atoms with Crippen molar-refractivity contribution in [1.82, 2.24) is 9.88 Å². The molecule has 0 radical (unpaired) electrons. The lowest BCUT2D eigenvalue weighted by atomic mass is 9.90. The molecular weight excluding hydrogens is 281 g/mol. The molecule has 19 heavy (non-hydrogen) atoms. The highest BCUT2D eigenvalue weighted by molar-refractivity contribution is 6.32. The van der Waals surface area contributed by atoms with Gasteiger partial charge < -0.3 is 5.73 Å². The maximum atomic E-state index is 6.19. The van der Waals surface area contributed by atoms with Crippen LogP contribution in [0.2, 0.25) is 10.2 Å².